The van der Waals surface area contributed by atoms with Crippen molar-refractivity contribution >= 4 is 22.7 Å². The van der Waals surface area contributed by atoms with E-state index in [0.29, 0.717) is 0 Å². The summed E-state index contributed by atoms with van der Waals surface area (Å²) in [5.41, 5.74) is 5.28. The van der Waals surface area contributed by atoms with Crippen LogP contribution < -0.4 is 0 Å². The molecule has 0 saturated carbocycles. The van der Waals surface area contributed by atoms with E-state index in [1.165, 1.54) is 41.8 Å². The summed E-state index contributed by atoms with van der Waals surface area (Å²) in [6.07, 6.45) is 0. The SMILES string of the molecule is Cc1ccc(-c2ccc(C)s2)cc1.Cc1ccc(-c2ccc(C)s2)cc1. The predicted molar refractivity (Wildman–Crippen MR) is 118 cm³/mol. The summed E-state index contributed by atoms with van der Waals surface area (Å²) in [4.78, 5) is 5.46. The number of rotatable bonds is 2. The van der Waals surface area contributed by atoms with Gasteiger partial charge in [-0.15, -0.1) is 22.7 Å². The first kappa shape index (κ1) is 18.6. The third-order valence-electron chi connectivity index (χ3n) is 4.15. The molecule has 2 aromatic heterocycles. The van der Waals surface area contributed by atoms with Gasteiger partial charge in [0, 0.05) is 19.5 Å². The summed E-state index contributed by atoms with van der Waals surface area (Å²) in [5.74, 6) is 0. The molecule has 0 atom stereocenters. The molecule has 0 aliphatic carbocycles. The first-order chi connectivity index (χ1) is 12.5. The highest BCUT2D eigenvalue weighted by atomic mass is 32.1. The Bertz CT molecular complexity index is 872. The third kappa shape index (κ3) is 4.94. The van der Waals surface area contributed by atoms with Crippen LogP contribution in [0.3, 0.4) is 0 Å². The predicted octanol–water partition coefficient (Wildman–Crippen LogP) is 8.06. The summed E-state index contributed by atoms with van der Waals surface area (Å²) >= 11 is 3.69. The van der Waals surface area contributed by atoms with Crippen molar-refractivity contribution < 1.29 is 0 Å². The molecule has 0 unspecified atom stereocenters. The Morgan fingerprint density at radius 3 is 1.04 bits per heavy atom. The fourth-order valence-electron chi connectivity index (χ4n) is 2.62. The second kappa shape index (κ2) is 8.48. The van der Waals surface area contributed by atoms with Gasteiger partial charge in [0.2, 0.25) is 0 Å². The van der Waals surface area contributed by atoms with E-state index < -0.39 is 0 Å². The average molecular weight is 377 g/mol. The average Bonchev–Trinajstić information content (AvgIpc) is 3.25. The Morgan fingerprint density at radius 1 is 0.423 bits per heavy atom. The van der Waals surface area contributed by atoms with Crippen LogP contribution in [-0.4, -0.2) is 0 Å². The van der Waals surface area contributed by atoms with Crippen molar-refractivity contribution in [3.05, 3.63) is 93.7 Å². The Labute approximate surface area is 164 Å². The highest BCUT2D eigenvalue weighted by Gasteiger charge is 1.99. The zero-order chi connectivity index (χ0) is 18.5. The maximum atomic E-state index is 2.19. The fraction of sp³-hybridized carbons (Fsp3) is 0.167. The number of hydrogen-bond acceptors (Lipinski definition) is 2. The second-order valence-corrected chi connectivity index (χ2v) is 9.13. The number of benzene rings is 2. The molecule has 0 nitrogen and oxygen atoms in total. The van der Waals surface area contributed by atoms with Gasteiger partial charge in [0.25, 0.3) is 0 Å². The minimum Gasteiger partial charge on any atom is -0.141 e. The van der Waals surface area contributed by atoms with Crippen molar-refractivity contribution in [3.63, 3.8) is 0 Å². The molecule has 132 valence electrons. The molecule has 2 heteroatoms. The van der Waals surface area contributed by atoms with Crippen molar-refractivity contribution in [1.82, 2.24) is 0 Å². The molecule has 0 aliphatic heterocycles. The molecule has 26 heavy (non-hydrogen) atoms. The van der Waals surface area contributed by atoms with Crippen LogP contribution >= 0.6 is 22.7 Å². The molecule has 2 heterocycles. The minimum atomic E-state index is 1.32. The van der Waals surface area contributed by atoms with Gasteiger partial charge in [-0.25, -0.2) is 0 Å². The Hall–Kier alpha value is -2.16. The van der Waals surface area contributed by atoms with Gasteiger partial charge in [0.05, 0.1) is 0 Å². The number of thiophene rings is 2. The standard InChI is InChI=1S/2C12H12S/c2*1-9-3-6-11(7-4-9)12-8-5-10(2)13-12/h2*3-8H,1-2H3. The molecule has 4 aromatic rings. The first-order valence-corrected chi connectivity index (χ1v) is 10.4. The Balaban J connectivity index is 0.000000151. The van der Waals surface area contributed by atoms with Gasteiger partial charge in [-0.1, -0.05) is 59.7 Å². The molecule has 0 aliphatic rings. The topological polar surface area (TPSA) is 0 Å². The molecular weight excluding hydrogens is 352 g/mol. The quantitative estimate of drug-likeness (QED) is 0.332. The van der Waals surface area contributed by atoms with E-state index in [2.05, 4.69) is 100 Å². The number of aryl methyl sites for hydroxylation is 4. The lowest BCUT2D eigenvalue weighted by atomic mass is 10.1. The monoisotopic (exact) mass is 376 g/mol. The van der Waals surface area contributed by atoms with Crippen LogP contribution in [0.5, 0.6) is 0 Å². The normalized spacial score (nSPS) is 10.3. The van der Waals surface area contributed by atoms with Crippen molar-refractivity contribution in [1.29, 1.82) is 0 Å². The molecule has 0 saturated heterocycles. The second-order valence-electron chi connectivity index (χ2n) is 6.55. The third-order valence-corrected chi connectivity index (χ3v) is 6.25. The highest BCUT2D eigenvalue weighted by molar-refractivity contribution is 7.15. The van der Waals surface area contributed by atoms with Crippen LogP contribution in [0.15, 0.2) is 72.8 Å². The minimum absolute atomic E-state index is 1.32. The van der Waals surface area contributed by atoms with Gasteiger partial charge in [-0.05, 0) is 63.1 Å². The largest absolute Gasteiger partial charge is 0.141 e. The van der Waals surface area contributed by atoms with Crippen LogP contribution in [0.4, 0.5) is 0 Å². The van der Waals surface area contributed by atoms with E-state index in [-0.39, 0.29) is 0 Å². The van der Waals surface area contributed by atoms with Gasteiger partial charge in [0.15, 0.2) is 0 Å². The fourth-order valence-corrected chi connectivity index (χ4v) is 4.36. The summed E-state index contributed by atoms with van der Waals surface area (Å²) < 4.78 is 0. The van der Waals surface area contributed by atoms with Gasteiger partial charge >= 0.3 is 0 Å². The Morgan fingerprint density at radius 2 is 0.769 bits per heavy atom. The zero-order valence-electron chi connectivity index (χ0n) is 15.7. The highest BCUT2D eigenvalue weighted by Crippen LogP contribution is 2.28. The first-order valence-electron chi connectivity index (χ1n) is 8.78. The van der Waals surface area contributed by atoms with Crippen molar-refractivity contribution in [2.45, 2.75) is 27.7 Å². The summed E-state index contributed by atoms with van der Waals surface area (Å²) in [6.45, 7) is 8.51. The van der Waals surface area contributed by atoms with Crippen LogP contribution in [0.25, 0.3) is 20.9 Å². The molecular formula is C24H24S2. The molecule has 0 N–H and O–H groups in total. The van der Waals surface area contributed by atoms with Gasteiger partial charge in [-0.3, -0.25) is 0 Å². The van der Waals surface area contributed by atoms with Crippen LogP contribution in [-0.2, 0) is 0 Å². The van der Waals surface area contributed by atoms with Crippen LogP contribution in [0, 0.1) is 27.7 Å². The lowest BCUT2D eigenvalue weighted by molar-refractivity contribution is 1.48. The molecule has 0 radical (unpaired) electrons. The maximum absolute atomic E-state index is 2.19. The van der Waals surface area contributed by atoms with Crippen molar-refractivity contribution in [3.8, 4) is 20.9 Å². The van der Waals surface area contributed by atoms with Crippen LogP contribution in [0.1, 0.15) is 20.9 Å². The van der Waals surface area contributed by atoms with Crippen LogP contribution in [0.2, 0.25) is 0 Å². The summed E-state index contributed by atoms with van der Waals surface area (Å²) in [5, 5.41) is 0. The summed E-state index contributed by atoms with van der Waals surface area (Å²) in [6, 6.07) is 26.1. The van der Waals surface area contributed by atoms with E-state index in [1.807, 2.05) is 22.7 Å². The number of hydrogen-bond donors (Lipinski definition) is 0. The molecule has 4 rings (SSSR count). The Kier molecular flexibility index (Phi) is 6.08. The van der Waals surface area contributed by atoms with Gasteiger partial charge in [-0.2, -0.15) is 0 Å². The van der Waals surface area contributed by atoms with E-state index in [0.717, 1.165) is 0 Å². The molecule has 0 bridgehead atoms. The van der Waals surface area contributed by atoms with Crippen molar-refractivity contribution in [2.75, 3.05) is 0 Å². The van der Waals surface area contributed by atoms with Crippen molar-refractivity contribution in [2.24, 2.45) is 0 Å². The van der Waals surface area contributed by atoms with E-state index in [9.17, 15) is 0 Å². The van der Waals surface area contributed by atoms with E-state index >= 15 is 0 Å². The zero-order valence-corrected chi connectivity index (χ0v) is 17.4. The molecule has 0 amide bonds. The van der Waals surface area contributed by atoms with Gasteiger partial charge < -0.3 is 0 Å². The summed E-state index contributed by atoms with van der Waals surface area (Å²) in [7, 11) is 0. The van der Waals surface area contributed by atoms with Gasteiger partial charge in [0.1, 0.15) is 0 Å². The molecule has 0 spiro atoms. The van der Waals surface area contributed by atoms with E-state index in [1.54, 1.807) is 0 Å². The smallest absolute Gasteiger partial charge is 0.0345 e. The molecule has 2 aromatic carbocycles. The molecule has 0 fully saturated rings. The maximum Gasteiger partial charge on any atom is 0.0345 e. The lowest BCUT2D eigenvalue weighted by Gasteiger charge is -1.97. The lowest BCUT2D eigenvalue weighted by Crippen LogP contribution is -1.72. The van der Waals surface area contributed by atoms with E-state index in [4.69, 9.17) is 0 Å².